The highest BCUT2D eigenvalue weighted by Crippen LogP contribution is 2.47. The molecule has 0 N–H and O–H groups in total. The zero-order valence-electron chi connectivity index (χ0n) is 14.1. The average molecular weight is 296 g/mol. The van der Waals surface area contributed by atoms with E-state index in [0.717, 1.165) is 0 Å². The monoisotopic (exact) mass is 296 g/mol. The van der Waals surface area contributed by atoms with E-state index in [-0.39, 0.29) is 10.8 Å². The highest BCUT2D eigenvalue weighted by molar-refractivity contribution is 8.06. The molecule has 0 bridgehead atoms. The molecule has 0 saturated carbocycles. The summed E-state index contributed by atoms with van der Waals surface area (Å²) in [5.41, 5.74) is 3.49. The Morgan fingerprint density at radius 3 is 1.42 bits per heavy atom. The molecule has 0 spiro atoms. The molecular formula is C17H30P2. The second kappa shape index (κ2) is 5.38. The van der Waals surface area contributed by atoms with Crippen LogP contribution in [0.4, 0.5) is 0 Å². The van der Waals surface area contributed by atoms with Crippen molar-refractivity contribution in [1.29, 1.82) is 0 Å². The molecule has 0 nitrogen and oxygen atoms in total. The molecule has 0 aromatic heterocycles. The molecule has 0 aliphatic carbocycles. The average Bonchev–Trinajstić information content (AvgIpc) is 2.11. The van der Waals surface area contributed by atoms with Crippen LogP contribution in [0.25, 0.3) is 0 Å². The molecule has 0 aliphatic rings. The minimum absolute atomic E-state index is 0.221. The lowest BCUT2D eigenvalue weighted by molar-refractivity contribution is 0.576. The molecule has 0 radical (unpaired) electrons. The second-order valence-electron chi connectivity index (χ2n) is 8.24. The topological polar surface area (TPSA) is 0 Å². The lowest BCUT2D eigenvalue weighted by Gasteiger charge is -2.29. The highest BCUT2D eigenvalue weighted by atomic mass is 31.8. The van der Waals surface area contributed by atoms with Crippen LogP contribution in [0.1, 0.15) is 52.7 Å². The molecular weight excluding hydrogens is 266 g/mol. The van der Waals surface area contributed by atoms with Gasteiger partial charge in [-0.15, -0.1) is 0 Å². The molecule has 1 aromatic carbocycles. The van der Waals surface area contributed by atoms with Crippen LogP contribution in [-0.4, -0.2) is 20.0 Å². The smallest absolute Gasteiger partial charge is 0.00905 e. The summed E-state index contributed by atoms with van der Waals surface area (Å²) in [6.07, 6.45) is 0. The van der Waals surface area contributed by atoms with Crippen LogP contribution in [0.15, 0.2) is 18.2 Å². The Morgan fingerprint density at radius 2 is 1.16 bits per heavy atom. The number of hydrogen-bond acceptors (Lipinski definition) is 0. The van der Waals surface area contributed by atoms with E-state index >= 15 is 0 Å². The van der Waals surface area contributed by atoms with Gasteiger partial charge in [-0.2, -0.15) is 0 Å². The Morgan fingerprint density at radius 1 is 0.789 bits per heavy atom. The van der Waals surface area contributed by atoms with Crippen LogP contribution in [0.3, 0.4) is 0 Å². The van der Waals surface area contributed by atoms with Gasteiger partial charge in [-0.05, 0) is 42.0 Å². The molecule has 0 aliphatic heterocycles. The fourth-order valence-corrected chi connectivity index (χ4v) is 6.24. The Bertz CT molecular complexity index is 465. The Kier molecular flexibility index (Phi) is 4.82. The van der Waals surface area contributed by atoms with Crippen molar-refractivity contribution < 1.29 is 0 Å². The summed E-state index contributed by atoms with van der Waals surface area (Å²) in [5, 5.41) is 1.59. The van der Waals surface area contributed by atoms with Gasteiger partial charge in [0.2, 0.25) is 0 Å². The summed E-state index contributed by atoms with van der Waals surface area (Å²) in [4.78, 5) is 0. The Balaban J connectivity index is 3.71. The molecule has 1 rings (SSSR count). The maximum atomic E-state index is 2.43. The second-order valence-corrected chi connectivity index (χ2v) is 17.0. The van der Waals surface area contributed by atoms with Crippen molar-refractivity contribution in [2.45, 2.75) is 52.4 Å². The van der Waals surface area contributed by atoms with Gasteiger partial charge in [0.05, 0.1) is 0 Å². The van der Waals surface area contributed by atoms with Gasteiger partial charge >= 0.3 is 0 Å². The van der Waals surface area contributed by atoms with Crippen molar-refractivity contribution in [2.24, 2.45) is 0 Å². The largest absolute Gasteiger partial charge is 0.0864 e. The van der Waals surface area contributed by atoms with Crippen molar-refractivity contribution in [3.8, 4) is 0 Å². The molecule has 0 amide bonds. The molecule has 0 fully saturated rings. The molecule has 1 aromatic rings. The van der Waals surface area contributed by atoms with Crippen LogP contribution in [-0.2, 0) is 10.8 Å². The third kappa shape index (κ3) is 4.77. The van der Waals surface area contributed by atoms with E-state index in [1.165, 1.54) is 11.1 Å². The summed E-state index contributed by atoms with van der Waals surface area (Å²) in [6.45, 7) is 20.4. The van der Waals surface area contributed by atoms with Crippen molar-refractivity contribution in [2.75, 3.05) is 20.0 Å². The van der Waals surface area contributed by atoms with Crippen LogP contribution in [0.2, 0.25) is 0 Å². The Hall–Kier alpha value is -0.0500. The van der Waals surface area contributed by atoms with E-state index in [1.807, 2.05) is 0 Å². The molecule has 0 saturated heterocycles. The van der Waals surface area contributed by atoms with Gasteiger partial charge in [0.25, 0.3) is 0 Å². The fraction of sp³-hybridized carbons (Fsp3) is 0.647. The van der Waals surface area contributed by atoms with Crippen LogP contribution >= 0.6 is 14.4 Å². The van der Waals surface area contributed by atoms with Crippen LogP contribution < -0.4 is 5.30 Å². The fourth-order valence-electron chi connectivity index (χ4n) is 2.16. The highest BCUT2D eigenvalue weighted by Gasteiger charge is 2.24. The molecule has 0 atom stereocenters. The first-order valence-electron chi connectivity index (χ1n) is 7.01. The maximum absolute atomic E-state index is 2.43. The van der Waals surface area contributed by atoms with Crippen LogP contribution in [0, 0.1) is 0 Å². The molecule has 0 unspecified atom stereocenters. The predicted octanol–water partition coefficient (Wildman–Crippen LogP) is 5.68. The van der Waals surface area contributed by atoms with Gasteiger partial charge in [-0.25, -0.2) is 0 Å². The summed E-state index contributed by atoms with van der Waals surface area (Å²) in [6, 6.07) is 6.89. The number of rotatable bonds is 1. The van der Waals surface area contributed by atoms with E-state index < -0.39 is 6.55 Å². The molecule has 2 heteroatoms. The third-order valence-electron chi connectivity index (χ3n) is 3.05. The quantitative estimate of drug-likeness (QED) is 0.585. The van der Waals surface area contributed by atoms with E-state index in [2.05, 4.69) is 79.7 Å². The zero-order valence-corrected chi connectivity index (χ0v) is 15.9. The zero-order chi connectivity index (χ0) is 15.1. The van der Waals surface area contributed by atoms with E-state index in [4.69, 9.17) is 0 Å². The van der Waals surface area contributed by atoms with E-state index in [1.54, 1.807) is 13.2 Å². The normalized spacial score (nSPS) is 13.9. The standard InChI is InChI=1S/C17H30P2/c1-16(2,3)13-11-10-12-14(17(4,5)6)15(13)18-19(7,8)9/h10-12H,1-9H3. The number of hydrogen-bond donors (Lipinski definition) is 0. The first-order valence-corrected chi connectivity index (χ1v) is 11.7. The van der Waals surface area contributed by atoms with Crippen molar-refractivity contribution in [3.05, 3.63) is 29.3 Å². The predicted molar refractivity (Wildman–Crippen MR) is 95.1 cm³/mol. The lowest BCUT2D eigenvalue weighted by atomic mass is 9.80. The summed E-state index contributed by atoms with van der Waals surface area (Å²) >= 11 is 0. The summed E-state index contributed by atoms with van der Waals surface area (Å²) in [7, 11) is 1.54. The molecule has 108 valence electrons. The maximum Gasteiger partial charge on any atom is 0.00905 e. The van der Waals surface area contributed by atoms with E-state index in [9.17, 15) is 0 Å². The minimum atomic E-state index is -0.858. The molecule has 19 heavy (non-hydrogen) atoms. The van der Waals surface area contributed by atoms with Gasteiger partial charge in [0.1, 0.15) is 0 Å². The van der Waals surface area contributed by atoms with Crippen molar-refractivity contribution in [3.63, 3.8) is 0 Å². The summed E-state index contributed by atoms with van der Waals surface area (Å²) in [5.74, 6) is 0. The number of benzene rings is 1. The first kappa shape index (κ1) is 17.0. The van der Waals surface area contributed by atoms with E-state index in [0.29, 0.717) is 0 Å². The van der Waals surface area contributed by atoms with Crippen molar-refractivity contribution >= 4 is 19.7 Å². The Labute approximate surface area is 122 Å². The first-order chi connectivity index (χ1) is 8.32. The van der Waals surface area contributed by atoms with Gasteiger partial charge < -0.3 is 0 Å². The summed E-state index contributed by atoms with van der Waals surface area (Å²) < 4.78 is 0. The van der Waals surface area contributed by atoms with Crippen LogP contribution in [0.5, 0.6) is 0 Å². The van der Waals surface area contributed by atoms with Gasteiger partial charge in [0.15, 0.2) is 0 Å². The van der Waals surface area contributed by atoms with Gasteiger partial charge in [-0.3, -0.25) is 0 Å². The van der Waals surface area contributed by atoms with Gasteiger partial charge in [0, 0.05) is 5.30 Å². The third-order valence-corrected chi connectivity index (χ3v) is 6.73. The lowest BCUT2D eigenvalue weighted by Crippen LogP contribution is -2.27. The van der Waals surface area contributed by atoms with Gasteiger partial charge in [-0.1, -0.05) is 74.2 Å². The minimum Gasteiger partial charge on any atom is -0.0864 e. The van der Waals surface area contributed by atoms with Crippen molar-refractivity contribution in [1.82, 2.24) is 0 Å². The SMILES string of the molecule is CC(C)(C)c1cccc(C(C)(C)C)c1P=P(C)(C)C. The molecule has 0 heterocycles.